The third-order valence-electron chi connectivity index (χ3n) is 4.78. The second-order valence-corrected chi connectivity index (χ2v) is 10.5. The van der Waals surface area contributed by atoms with Crippen LogP contribution in [-0.2, 0) is 21.7 Å². The van der Waals surface area contributed by atoms with Gasteiger partial charge < -0.3 is 20.3 Å². The van der Waals surface area contributed by atoms with Gasteiger partial charge in [0.25, 0.3) is 5.91 Å². The van der Waals surface area contributed by atoms with Crippen molar-refractivity contribution in [1.82, 2.24) is 9.55 Å². The number of aryl methyl sites for hydroxylation is 1. The molecule has 0 aliphatic carbocycles. The van der Waals surface area contributed by atoms with E-state index < -0.39 is 32.7 Å². The number of amides is 2. The second kappa shape index (κ2) is 10.2. The minimum Gasteiger partial charge on any atom is -0.506 e. The number of carbonyl (C=O) groups is 2. The number of imidazole rings is 1. The molecule has 180 valence electrons. The number of benzene rings is 2. The number of nitrogens with zero attached hydrogens (tertiary/aromatic N) is 2. The predicted octanol–water partition coefficient (Wildman–Crippen LogP) is 4.53. The first kappa shape index (κ1) is 25.8. The van der Waals surface area contributed by atoms with E-state index in [4.69, 9.17) is 34.8 Å². The van der Waals surface area contributed by atoms with Crippen molar-refractivity contribution in [1.29, 1.82) is 0 Å². The average Bonchev–Trinajstić information content (AvgIpc) is 3.21. The molecule has 9 nitrogen and oxygen atoms in total. The van der Waals surface area contributed by atoms with Gasteiger partial charge in [0.15, 0.2) is 5.03 Å². The number of anilines is 2. The zero-order valence-corrected chi connectivity index (χ0v) is 20.9. The normalized spacial score (nSPS) is 12.3. The number of phenolic OH excluding ortho intramolecular Hbond substituents is 1. The summed E-state index contributed by atoms with van der Waals surface area (Å²) in [5.41, 5.74) is 0.117. The zero-order valence-electron chi connectivity index (χ0n) is 17.8. The fourth-order valence-corrected chi connectivity index (χ4v) is 5.12. The molecule has 3 aromatic rings. The third-order valence-corrected chi connectivity index (χ3v) is 7.93. The predicted molar refractivity (Wildman–Crippen MR) is 131 cm³/mol. The smallest absolute Gasteiger partial charge is 0.255 e. The van der Waals surface area contributed by atoms with E-state index in [1.807, 2.05) is 0 Å². The van der Waals surface area contributed by atoms with Gasteiger partial charge in [-0.2, -0.15) is 0 Å². The molecule has 0 saturated carbocycles. The van der Waals surface area contributed by atoms with Crippen molar-refractivity contribution in [3.63, 3.8) is 0 Å². The Morgan fingerprint density at radius 3 is 2.35 bits per heavy atom. The lowest BCUT2D eigenvalue weighted by molar-refractivity contribution is -0.115. The molecular formula is C21H19Cl3N4O5S. The highest BCUT2D eigenvalue weighted by Crippen LogP contribution is 2.35. The van der Waals surface area contributed by atoms with Gasteiger partial charge in [-0.3, -0.25) is 9.59 Å². The molecule has 0 aliphatic rings. The van der Waals surface area contributed by atoms with Gasteiger partial charge in [-0.25, -0.2) is 13.4 Å². The lowest BCUT2D eigenvalue weighted by Gasteiger charge is -2.16. The number of halogens is 3. The Morgan fingerprint density at radius 2 is 1.76 bits per heavy atom. The molecule has 0 bridgehead atoms. The van der Waals surface area contributed by atoms with Crippen LogP contribution in [0.3, 0.4) is 0 Å². The molecule has 2 amide bonds. The molecule has 13 heteroatoms. The van der Waals surface area contributed by atoms with E-state index in [-0.39, 0.29) is 43.5 Å². The summed E-state index contributed by atoms with van der Waals surface area (Å²) < 4.78 is 27.1. The molecule has 0 spiro atoms. The summed E-state index contributed by atoms with van der Waals surface area (Å²) in [4.78, 5) is 29.1. The Hall–Kier alpha value is -2.79. The summed E-state index contributed by atoms with van der Waals surface area (Å²) >= 11 is 18.0. The van der Waals surface area contributed by atoms with E-state index in [0.717, 1.165) is 6.07 Å². The summed E-state index contributed by atoms with van der Waals surface area (Å²) in [5.74, 6) is -1.84. The molecule has 3 N–H and O–H groups in total. The van der Waals surface area contributed by atoms with Gasteiger partial charge in [0.05, 0.1) is 32.8 Å². The molecule has 0 saturated heterocycles. The Morgan fingerprint density at radius 1 is 1.06 bits per heavy atom. The highest BCUT2D eigenvalue weighted by molar-refractivity contribution is 7.92. The number of rotatable bonds is 7. The highest BCUT2D eigenvalue weighted by Gasteiger charge is 2.34. The maximum atomic E-state index is 12.8. The first-order chi connectivity index (χ1) is 15.9. The Balaban J connectivity index is 1.80. The summed E-state index contributed by atoms with van der Waals surface area (Å²) in [6, 6.07) is 6.58. The molecule has 0 aliphatic heterocycles. The molecular weight excluding hydrogens is 527 g/mol. The van der Waals surface area contributed by atoms with Crippen LogP contribution in [0.2, 0.25) is 15.1 Å². The van der Waals surface area contributed by atoms with Crippen LogP contribution in [0.25, 0.3) is 0 Å². The van der Waals surface area contributed by atoms with Crippen LogP contribution >= 0.6 is 34.8 Å². The number of aromatic hydroxyl groups is 1. The summed E-state index contributed by atoms with van der Waals surface area (Å²) in [6.07, 6.45) is 2.60. The largest absolute Gasteiger partial charge is 0.506 e. The SMILES string of the molecule is CCC(C(=O)Nc1cc(O)c(NC(=O)c2ccc(Cl)c(Cl)c2)cc1Cl)S(=O)(=O)c1cn(C)cn1. The first-order valence-electron chi connectivity index (χ1n) is 9.75. The Kier molecular flexibility index (Phi) is 7.77. The third kappa shape index (κ3) is 5.47. The van der Waals surface area contributed by atoms with E-state index in [1.54, 1.807) is 14.0 Å². The Bertz CT molecular complexity index is 1370. The van der Waals surface area contributed by atoms with Crippen molar-refractivity contribution in [2.24, 2.45) is 7.05 Å². The van der Waals surface area contributed by atoms with Crippen LogP contribution in [0.4, 0.5) is 11.4 Å². The lowest BCUT2D eigenvalue weighted by Crippen LogP contribution is -2.35. The number of phenols is 1. The van der Waals surface area contributed by atoms with Crippen molar-refractivity contribution < 1.29 is 23.1 Å². The molecule has 0 fully saturated rings. The number of carbonyl (C=O) groups excluding carboxylic acids is 2. The number of hydrogen-bond acceptors (Lipinski definition) is 6. The average molecular weight is 546 g/mol. The van der Waals surface area contributed by atoms with Crippen molar-refractivity contribution >= 4 is 67.8 Å². The molecule has 0 radical (unpaired) electrons. The van der Waals surface area contributed by atoms with Crippen LogP contribution in [0.5, 0.6) is 5.75 Å². The van der Waals surface area contributed by atoms with Gasteiger partial charge >= 0.3 is 0 Å². The molecule has 2 aromatic carbocycles. The van der Waals surface area contributed by atoms with Crippen molar-refractivity contribution in [3.8, 4) is 5.75 Å². The monoisotopic (exact) mass is 544 g/mol. The maximum absolute atomic E-state index is 12.8. The van der Waals surface area contributed by atoms with E-state index in [2.05, 4.69) is 15.6 Å². The number of sulfone groups is 1. The van der Waals surface area contributed by atoms with Crippen molar-refractivity contribution in [2.45, 2.75) is 23.6 Å². The van der Waals surface area contributed by atoms with Gasteiger partial charge in [-0.15, -0.1) is 0 Å². The van der Waals surface area contributed by atoms with Crippen LogP contribution in [-0.4, -0.2) is 40.1 Å². The van der Waals surface area contributed by atoms with Crippen LogP contribution in [0, 0.1) is 0 Å². The number of hydrogen-bond donors (Lipinski definition) is 3. The molecule has 1 heterocycles. The first-order valence-corrected chi connectivity index (χ1v) is 12.4. The molecule has 1 unspecified atom stereocenters. The van der Waals surface area contributed by atoms with Gasteiger partial charge in [0, 0.05) is 24.9 Å². The lowest BCUT2D eigenvalue weighted by atomic mass is 10.2. The van der Waals surface area contributed by atoms with Crippen LogP contribution < -0.4 is 10.6 Å². The van der Waals surface area contributed by atoms with Crippen molar-refractivity contribution in [3.05, 3.63) is 63.5 Å². The molecule has 1 aromatic heterocycles. The van der Waals surface area contributed by atoms with E-state index in [9.17, 15) is 23.1 Å². The second-order valence-electron chi connectivity index (χ2n) is 7.24. The van der Waals surface area contributed by atoms with E-state index in [0.29, 0.717) is 0 Å². The summed E-state index contributed by atoms with van der Waals surface area (Å²) in [7, 11) is -2.45. The molecule has 3 rings (SSSR count). The van der Waals surface area contributed by atoms with Crippen molar-refractivity contribution in [2.75, 3.05) is 10.6 Å². The van der Waals surface area contributed by atoms with Gasteiger partial charge in [-0.1, -0.05) is 41.7 Å². The van der Waals surface area contributed by atoms with Gasteiger partial charge in [0.2, 0.25) is 15.7 Å². The zero-order chi connectivity index (χ0) is 25.2. The number of nitrogens with one attached hydrogen (secondary N) is 2. The molecule has 34 heavy (non-hydrogen) atoms. The molecule has 1 atom stereocenters. The quantitative estimate of drug-likeness (QED) is 0.374. The summed E-state index contributed by atoms with van der Waals surface area (Å²) in [5, 5.41) is 14.0. The standard InChI is InChI=1S/C21H19Cl3N4O5S/c1-3-18(34(32,33)19-9-28(2)10-25-19)21(31)26-15-8-17(29)16(7-14(15)24)27-20(30)11-4-5-12(22)13(23)6-11/h4-10,18,29H,3H2,1-2H3,(H,26,31)(H,27,30). The van der Waals surface area contributed by atoms with Gasteiger partial charge in [0.1, 0.15) is 11.0 Å². The summed E-state index contributed by atoms with van der Waals surface area (Å²) in [6.45, 7) is 1.55. The fraction of sp³-hybridized carbons (Fsp3) is 0.190. The van der Waals surface area contributed by atoms with Gasteiger partial charge in [-0.05, 0) is 30.7 Å². The Labute approximate surface area is 210 Å². The minimum absolute atomic E-state index is 0.0217. The maximum Gasteiger partial charge on any atom is 0.255 e. The minimum atomic E-state index is -4.06. The van der Waals surface area contributed by atoms with Crippen LogP contribution in [0.1, 0.15) is 23.7 Å². The van der Waals surface area contributed by atoms with Crippen LogP contribution in [0.15, 0.2) is 47.9 Å². The highest BCUT2D eigenvalue weighted by atomic mass is 35.5. The van der Waals surface area contributed by atoms with E-state index >= 15 is 0 Å². The topological polar surface area (TPSA) is 130 Å². The number of aromatic nitrogens is 2. The van der Waals surface area contributed by atoms with E-state index in [1.165, 1.54) is 41.4 Å². The fourth-order valence-electron chi connectivity index (χ4n) is 3.03.